The van der Waals surface area contributed by atoms with Crippen LogP contribution in [-0.2, 0) is 16.1 Å². The number of carbonyl (C=O) groups is 2. The number of anilines is 2. The Bertz CT molecular complexity index is 1100. The zero-order valence-corrected chi connectivity index (χ0v) is 15.3. The van der Waals surface area contributed by atoms with Crippen molar-refractivity contribution in [1.29, 1.82) is 0 Å². The summed E-state index contributed by atoms with van der Waals surface area (Å²) in [4.78, 5) is 33.9. The Morgan fingerprint density at radius 1 is 1.00 bits per heavy atom. The van der Waals surface area contributed by atoms with Gasteiger partial charge in [0.15, 0.2) is 0 Å². The number of rotatable bonds is 2. The highest BCUT2D eigenvalue weighted by atomic mass is 16.2. The van der Waals surface area contributed by atoms with E-state index in [0.29, 0.717) is 12.2 Å². The average molecular weight is 360 g/mol. The molecule has 6 nitrogen and oxygen atoms in total. The largest absolute Gasteiger partial charge is 0.328 e. The van der Waals surface area contributed by atoms with Crippen LogP contribution in [0.3, 0.4) is 0 Å². The molecule has 1 saturated heterocycles. The second kappa shape index (κ2) is 5.67. The number of imide groups is 1. The van der Waals surface area contributed by atoms with Crippen LogP contribution >= 0.6 is 0 Å². The number of hydrogen-bond donors (Lipinski definition) is 0. The Labute approximate surface area is 157 Å². The zero-order valence-electron chi connectivity index (χ0n) is 15.3. The number of aromatic nitrogens is 2. The fourth-order valence-electron chi connectivity index (χ4n) is 4.10. The molecule has 136 valence electrons. The molecule has 2 aliphatic heterocycles. The van der Waals surface area contributed by atoms with Crippen LogP contribution in [0, 0.1) is 13.8 Å². The minimum absolute atomic E-state index is 0.150. The third-order valence-electron chi connectivity index (χ3n) is 5.70. The van der Waals surface area contributed by atoms with E-state index in [1.807, 2.05) is 61.2 Å². The molecule has 6 heteroatoms. The number of hydrogen-bond acceptors (Lipinski definition) is 4. The standard InChI is InChI=1S/C21H20N4O2/c1-13-7-8-15(11-14(13)2)25-19(26)12-18(20(25)27)24-10-9-23-17-6-4-3-5-16(17)22-21(23)24/h3-8,11,18H,9-10,12H2,1-2H3. The number of amides is 2. The van der Waals surface area contributed by atoms with Crippen LogP contribution < -0.4 is 9.80 Å². The van der Waals surface area contributed by atoms with E-state index < -0.39 is 6.04 Å². The molecule has 27 heavy (non-hydrogen) atoms. The Balaban J connectivity index is 1.50. The Morgan fingerprint density at radius 2 is 1.81 bits per heavy atom. The molecule has 2 aromatic carbocycles. The Hall–Kier alpha value is -3.15. The lowest BCUT2D eigenvalue weighted by atomic mass is 10.1. The highest BCUT2D eigenvalue weighted by Crippen LogP contribution is 2.33. The molecule has 1 fully saturated rings. The Kier molecular flexibility index (Phi) is 3.37. The molecule has 5 rings (SSSR count). The van der Waals surface area contributed by atoms with E-state index in [0.717, 1.165) is 34.7 Å². The van der Waals surface area contributed by atoms with Gasteiger partial charge in [-0.2, -0.15) is 0 Å². The number of fused-ring (bicyclic) bond motifs is 3. The molecular weight excluding hydrogens is 340 g/mol. The molecule has 3 heterocycles. The molecule has 3 aromatic rings. The first-order chi connectivity index (χ1) is 13.0. The van der Waals surface area contributed by atoms with Crippen LogP contribution in [0.1, 0.15) is 17.5 Å². The minimum Gasteiger partial charge on any atom is -0.328 e. The van der Waals surface area contributed by atoms with Crippen molar-refractivity contribution in [2.45, 2.75) is 32.9 Å². The van der Waals surface area contributed by atoms with Gasteiger partial charge in [-0.15, -0.1) is 0 Å². The first-order valence-electron chi connectivity index (χ1n) is 9.20. The molecule has 0 bridgehead atoms. The summed E-state index contributed by atoms with van der Waals surface area (Å²) < 4.78 is 2.13. The van der Waals surface area contributed by atoms with Gasteiger partial charge >= 0.3 is 0 Å². The molecular formula is C21H20N4O2. The lowest BCUT2D eigenvalue weighted by Gasteiger charge is -2.22. The van der Waals surface area contributed by atoms with Crippen molar-refractivity contribution in [3.05, 3.63) is 53.6 Å². The van der Waals surface area contributed by atoms with Crippen molar-refractivity contribution in [1.82, 2.24) is 9.55 Å². The predicted molar refractivity (Wildman–Crippen MR) is 104 cm³/mol. The van der Waals surface area contributed by atoms with Crippen molar-refractivity contribution >= 4 is 34.5 Å². The predicted octanol–water partition coefficient (Wildman–Crippen LogP) is 2.81. The van der Waals surface area contributed by atoms with Crippen LogP contribution in [0.2, 0.25) is 0 Å². The topological polar surface area (TPSA) is 58.4 Å². The van der Waals surface area contributed by atoms with Gasteiger partial charge in [0.05, 0.1) is 23.1 Å². The van der Waals surface area contributed by atoms with Crippen molar-refractivity contribution in [2.75, 3.05) is 16.3 Å². The quantitative estimate of drug-likeness (QED) is 0.660. The molecule has 1 aromatic heterocycles. The van der Waals surface area contributed by atoms with E-state index in [-0.39, 0.29) is 18.2 Å². The fourth-order valence-corrected chi connectivity index (χ4v) is 4.10. The van der Waals surface area contributed by atoms with Crippen molar-refractivity contribution in [2.24, 2.45) is 0 Å². The third-order valence-corrected chi connectivity index (χ3v) is 5.70. The van der Waals surface area contributed by atoms with E-state index in [1.54, 1.807) is 0 Å². The summed E-state index contributed by atoms with van der Waals surface area (Å²) in [6, 6.07) is 13.2. The van der Waals surface area contributed by atoms with Gasteiger partial charge in [-0.25, -0.2) is 9.88 Å². The van der Waals surface area contributed by atoms with E-state index in [9.17, 15) is 9.59 Å². The van der Waals surface area contributed by atoms with Gasteiger partial charge in [0.25, 0.3) is 5.91 Å². The maximum atomic E-state index is 13.2. The highest BCUT2D eigenvalue weighted by Gasteiger charge is 2.45. The summed E-state index contributed by atoms with van der Waals surface area (Å²) in [6.45, 7) is 5.48. The van der Waals surface area contributed by atoms with Gasteiger partial charge in [-0.05, 0) is 49.2 Å². The molecule has 1 unspecified atom stereocenters. The molecule has 0 aliphatic carbocycles. The van der Waals surface area contributed by atoms with Crippen LogP contribution in [0.5, 0.6) is 0 Å². The minimum atomic E-state index is -0.489. The average Bonchev–Trinajstić information content (AvgIpc) is 3.29. The first kappa shape index (κ1) is 16.1. The van der Waals surface area contributed by atoms with Crippen LogP contribution in [0.4, 0.5) is 11.6 Å². The number of aryl methyl sites for hydroxylation is 2. The molecule has 2 amide bonds. The maximum Gasteiger partial charge on any atom is 0.257 e. The molecule has 0 N–H and O–H groups in total. The summed E-state index contributed by atoms with van der Waals surface area (Å²) in [5.74, 6) is 0.468. The van der Waals surface area contributed by atoms with E-state index in [2.05, 4.69) is 4.57 Å². The van der Waals surface area contributed by atoms with Gasteiger partial charge in [-0.1, -0.05) is 18.2 Å². The lowest BCUT2D eigenvalue weighted by molar-refractivity contribution is -0.121. The number of para-hydroxylation sites is 2. The molecule has 0 spiro atoms. The summed E-state index contributed by atoms with van der Waals surface area (Å²) in [5.41, 5.74) is 4.85. The smallest absolute Gasteiger partial charge is 0.257 e. The second-order valence-corrected chi connectivity index (χ2v) is 7.30. The maximum absolute atomic E-state index is 13.2. The van der Waals surface area contributed by atoms with E-state index in [4.69, 9.17) is 4.98 Å². The normalized spacial score (nSPS) is 19.4. The summed E-state index contributed by atoms with van der Waals surface area (Å²) in [7, 11) is 0. The van der Waals surface area contributed by atoms with E-state index in [1.165, 1.54) is 4.90 Å². The third kappa shape index (κ3) is 2.29. The SMILES string of the molecule is Cc1ccc(N2C(=O)CC(N3CCn4c3nc3ccccc34)C2=O)cc1C. The lowest BCUT2D eigenvalue weighted by Crippen LogP contribution is -2.41. The van der Waals surface area contributed by atoms with Gasteiger partial charge in [-0.3, -0.25) is 9.59 Å². The summed E-state index contributed by atoms with van der Waals surface area (Å²) in [6.07, 6.45) is 0.189. The first-order valence-corrected chi connectivity index (χ1v) is 9.20. The fraction of sp³-hybridized carbons (Fsp3) is 0.286. The Morgan fingerprint density at radius 3 is 2.63 bits per heavy atom. The molecule has 2 aliphatic rings. The van der Waals surface area contributed by atoms with Crippen LogP contribution in [0.15, 0.2) is 42.5 Å². The van der Waals surface area contributed by atoms with Crippen molar-refractivity contribution in [3.8, 4) is 0 Å². The van der Waals surface area contributed by atoms with Gasteiger partial charge < -0.3 is 9.47 Å². The van der Waals surface area contributed by atoms with Crippen molar-refractivity contribution in [3.63, 3.8) is 0 Å². The van der Waals surface area contributed by atoms with Gasteiger partial charge in [0.2, 0.25) is 11.9 Å². The molecule has 1 atom stereocenters. The molecule has 0 saturated carbocycles. The second-order valence-electron chi connectivity index (χ2n) is 7.30. The van der Waals surface area contributed by atoms with Gasteiger partial charge in [0, 0.05) is 13.1 Å². The van der Waals surface area contributed by atoms with Crippen molar-refractivity contribution < 1.29 is 9.59 Å². The summed E-state index contributed by atoms with van der Waals surface area (Å²) >= 11 is 0. The van der Waals surface area contributed by atoms with E-state index >= 15 is 0 Å². The number of benzene rings is 2. The summed E-state index contributed by atoms with van der Waals surface area (Å²) in [5, 5.41) is 0. The van der Waals surface area contributed by atoms with Crippen LogP contribution in [-0.4, -0.2) is 34.0 Å². The molecule has 0 radical (unpaired) electrons. The zero-order chi connectivity index (χ0) is 18.7. The van der Waals surface area contributed by atoms with Gasteiger partial charge in [0.1, 0.15) is 6.04 Å². The number of imidazole rings is 1. The van der Waals surface area contributed by atoms with Crippen LogP contribution in [0.25, 0.3) is 11.0 Å². The number of carbonyl (C=O) groups excluding carboxylic acids is 2. The highest BCUT2D eigenvalue weighted by molar-refractivity contribution is 6.23. The number of nitrogens with zero attached hydrogens (tertiary/aromatic N) is 4. The monoisotopic (exact) mass is 360 g/mol.